The molecule has 0 aromatic heterocycles. The second kappa shape index (κ2) is 13.3. The van der Waals surface area contributed by atoms with Crippen LogP contribution in [0.15, 0.2) is 205 Å². The first kappa shape index (κ1) is 32.0. The van der Waals surface area contributed by atoms with Gasteiger partial charge in [0, 0.05) is 21.5 Å². The van der Waals surface area contributed by atoms with Gasteiger partial charge in [0.2, 0.25) is 0 Å². The quantitative estimate of drug-likeness (QED) is 0.158. The van der Waals surface area contributed by atoms with Crippen LogP contribution in [0.25, 0.3) is 33.4 Å². The number of anilines is 3. The molecule has 0 radical (unpaired) electrons. The van der Waals surface area contributed by atoms with E-state index in [1.807, 2.05) is 0 Å². The van der Waals surface area contributed by atoms with E-state index >= 15 is 0 Å². The highest BCUT2D eigenvalue weighted by Gasteiger charge is 2.47. The third kappa shape index (κ3) is 5.39. The van der Waals surface area contributed by atoms with Crippen LogP contribution in [0.1, 0.15) is 27.8 Å². The molecule has 0 spiro atoms. The van der Waals surface area contributed by atoms with Gasteiger partial charge in [0.05, 0.1) is 5.41 Å². The summed E-state index contributed by atoms with van der Waals surface area (Å²) in [5.41, 5.74) is 16.4. The molecule has 1 aliphatic carbocycles. The summed E-state index contributed by atoms with van der Waals surface area (Å²) in [4.78, 5) is 2.40. The van der Waals surface area contributed by atoms with Gasteiger partial charge in [-0.1, -0.05) is 179 Å². The Bertz CT molecular complexity index is 2420. The van der Waals surface area contributed by atoms with Crippen molar-refractivity contribution in [2.45, 2.75) is 12.3 Å². The lowest BCUT2D eigenvalue weighted by molar-refractivity contribution is 0.763. The van der Waals surface area contributed by atoms with Crippen LogP contribution in [0.3, 0.4) is 0 Å². The first-order valence-electron chi connectivity index (χ1n) is 17.8. The van der Waals surface area contributed by atoms with Crippen molar-refractivity contribution in [2.24, 2.45) is 0 Å². The monoisotopic (exact) mass is 729 g/mol. The molecule has 1 aliphatic rings. The molecule has 1 atom stereocenters. The highest BCUT2D eigenvalue weighted by molar-refractivity contribution is 9.10. The topological polar surface area (TPSA) is 3.24 Å². The molecule has 0 amide bonds. The molecule has 0 saturated heterocycles. The third-order valence-electron chi connectivity index (χ3n) is 10.5. The van der Waals surface area contributed by atoms with Gasteiger partial charge in [0.1, 0.15) is 0 Å². The molecule has 0 fully saturated rings. The van der Waals surface area contributed by atoms with Crippen LogP contribution in [0, 0.1) is 6.92 Å². The van der Waals surface area contributed by atoms with Crippen molar-refractivity contribution < 1.29 is 0 Å². The fourth-order valence-electron chi connectivity index (χ4n) is 8.05. The summed E-state index contributed by atoms with van der Waals surface area (Å²) in [5.74, 6) is 0. The number of aryl methyl sites for hydroxylation is 1. The number of halogens is 1. The van der Waals surface area contributed by atoms with Crippen LogP contribution in [0.2, 0.25) is 0 Å². The van der Waals surface area contributed by atoms with Crippen molar-refractivity contribution in [3.63, 3.8) is 0 Å². The standard InChI is InChI=1S/C50H36BrN/c1-35-20-26-40(27-21-35)50(47-18-10-11-19-49(47)51)46-17-9-8-16-44(46)45-33-32-43(34-48(45)50)52(41-28-22-38(23-29-41)36-12-4-2-5-13-36)42-30-24-39(25-31-42)37-14-6-3-7-15-37/h2-34H,1H3. The number of nitrogens with zero attached hydrogens (tertiary/aromatic N) is 1. The lowest BCUT2D eigenvalue weighted by Crippen LogP contribution is -2.29. The Hall–Kier alpha value is -5.96. The second-order valence-electron chi connectivity index (χ2n) is 13.5. The molecule has 1 unspecified atom stereocenters. The van der Waals surface area contributed by atoms with Crippen LogP contribution in [0.4, 0.5) is 17.1 Å². The second-order valence-corrected chi connectivity index (χ2v) is 14.4. The maximum Gasteiger partial charge on any atom is 0.0725 e. The van der Waals surface area contributed by atoms with Gasteiger partial charge < -0.3 is 4.90 Å². The Morgan fingerprint density at radius 2 is 0.846 bits per heavy atom. The van der Waals surface area contributed by atoms with Gasteiger partial charge in [0.15, 0.2) is 0 Å². The normalized spacial score (nSPS) is 14.4. The number of fused-ring (bicyclic) bond motifs is 3. The lowest BCUT2D eigenvalue weighted by atomic mass is 9.67. The molecule has 52 heavy (non-hydrogen) atoms. The van der Waals surface area contributed by atoms with Crippen LogP contribution in [0.5, 0.6) is 0 Å². The molecule has 248 valence electrons. The summed E-state index contributed by atoms with van der Waals surface area (Å²) in [6, 6.07) is 72.9. The molecule has 9 rings (SSSR count). The Labute approximate surface area is 314 Å². The number of hydrogen-bond donors (Lipinski definition) is 0. The van der Waals surface area contributed by atoms with Gasteiger partial charge in [-0.15, -0.1) is 0 Å². The molecule has 2 heteroatoms. The van der Waals surface area contributed by atoms with Crippen molar-refractivity contribution in [3.8, 4) is 33.4 Å². The van der Waals surface area contributed by atoms with Crippen LogP contribution in [-0.2, 0) is 5.41 Å². The van der Waals surface area contributed by atoms with Crippen molar-refractivity contribution >= 4 is 33.0 Å². The molecule has 0 heterocycles. The minimum Gasteiger partial charge on any atom is -0.310 e. The highest BCUT2D eigenvalue weighted by Crippen LogP contribution is 2.58. The molecule has 1 nitrogen and oxygen atoms in total. The number of hydrogen-bond acceptors (Lipinski definition) is 1. The maximum atomic E-state index is 4.02. The van der Waals surface area contributed by atoms with E-state index in [0.29, 0.717) is 0 Å². The van der Waals surface area contributed by atoms with Gasteiger partial charge in [0.25, 0.3) is 0 Å². The van der Waals surface area contributed by atoms with Crippen molar-refractivity contribution in [2.75, 3.05) is 4.90 Å². The van der Waals surface area contributed by atoms with Gasteiger partial charge >= 0.3 is 0 Å². The Kier molecular flexibility index (Phi) is 8.18. The summed E-state index contributed by atoms with van der Waals surface area (Å²) < 4.78 is 1.09. The highest BCUT2D eigenvalue weighted by atomic mass is 79.9. The van der Waals surface area contributed by atoms with Crippen molar-refractivity contribution in [3.05, 3.63) is 232 Å². The van der Waals surface area contributed by atoms with Crippen LogP contribution >= 0.6 is 15.9 Å². The summed E-state index contributed by atoms with van der Waals surface area (Å²) in [7, 11) is 0. The fourth-order valence-corrected chi connectivity index (χ4v) is 8.63. The molecule has 0 saturated carbocycles. The van der Waals surface area contributed by atoms with E-state index in [4.69, 9.17) is 0 Å². The van der Waals surface area contributed by atoms with E-state index in [2.05, 4.69) is 228 Å². The number of rotatable bonds is 7. The minimum absolute atomic E-state index is 0.532. The molecular formula is C50H36BrN. The summed E-state index contributed by atoms with van der Waals surface area (Å²) >= 11 is 4.02. The summed E-state index contributed by atoms with van der Waals surface area (Å²) in [6.45, 7) is 2.16. The molecule has 8 aromatic rings. The Balaban J connectivity index is 1.27. The van der Waals surface area contributed by atoms with Crippen LogP contribution in [-0.4, -0.2) is 0 Å². The van der Waals surface area contributed by atoms with Gasteiger partial charge in [-0.25, -0.2) is 0 Å². The van der Waals surface area contributed by atoms with Crippen molar-refractivity contribution in [1.82, 2.24) is 0 Å². The zero-order valence-electron chi connectivity index (χ0n) is 28.9. The first-order valence-corrected chi connectivity index (χ1v) is 18.6. The minimum atomic E-state index is -0.532. The predicted octanol–water partition coefficient (Wildman–Crippen LogP) is 13.9. The Morgan fingerprint density at radius 1 is 0.385 bits per heavy atom. The molecule has 8 aromatic carbocycles. The maximum absolute atomic E-state index is 4.02. The Morgan fingerprint density at radius 3 is 1.42 bits per heavy atom. The van der Waals surface area contributed by atoms with Crippen LogP contribution < -0.4 is 4.90 Å². The van der Waals surface area contributed by atoms with E-state index in [0.717, 1.165) is 21.5 Å². The first-order chi connectivity index (χ1) is 25.6. The lowest BCUT2D eigenvalue weighted by Gasteiger charge is -2.35. The number of benzene rings is 8. The average molecular weight is 731 g/mol. The molecule has 0 N–H and O–H groups in total. The predicted molar refractivity (Wildman–Crippen MR) is 222 cm³/mol. The molecule has 0 aliphatic heterocycles. The van der Waals surface area contributed by atoms with E-state index in [-0.39, 0.29) is 0 Å². The van der Waals surface area contributed by atoms with Gasteiger partial charge in [-0.3, -0.25) is 0 Å². The van der Waals surface area contributed by atoms with Gasteiger partial charge in [-0.05, 0) is 105 Å². The van der Waals surface area contributed by atoms with E-state index in [1.165, 1.54) is 61.2 Å². The van der Waals surface area contributed by atoms with Gasteiger partial charge in [-0.2, -0.15) is 0 Å². The summed E-state index contributed by atoms with van der Waals surface area (Å²) in [5, 5.41) is 0. The molecule has 0 bridgehead atoms. The SMILES string of the molecule is Cc1ccc(C2(c3ccccc3Br)c3ccccc3-c3ccc(N(c4ccc(-c5ccccc5)cc4)c4ccc(-c5ccccc5)cc4)cc32)cc1. The zero-order valence-corrected chi connectivity index (χ0v) is 30.5. The zero-order chi connectivity index (χ0) is 35.1. The fraction of sp³-hybridized carbons (Fsp3) is 0.0400. The van der Waals surface area contributed by atoms with Crippen molar-refractivity contribution in [1.29, 1.82) is 0 Å². The van der Waals surface area contributed by atoms with E-state index in [1.54, 1.807) is 0 Å². The smallest absolute Gasteiger partial charge is 0.0725 e. The molecular weight excluding hydrogens is 694 g/mol. The van der Waals surface area contributed by atoms with E-state index in [9.17, 15) is 0 Å². The third-order valence-corrected chi connectivity index (χ3v) is 11.2. The largest absolute Gasteiger partial charge is 0.310 e. The van der Waals surface area contributed by atoms with E-state index < -0.39 is 5.41 Å². The summed E-state index contributed by atoms with van der Waals surface area (Å²) in [6.07, 6.45) is 0. The average Bonchev–Trinajstić information content (AvgIpc) is 3.50.